The molecule has 11 aromatic carbocycles. The number of aldehydes is 5. The Morgan fingerprint density at radius 2 is 0.795 bits per heavy atom. The van der Waals surface area contributed by atoms with Crippen LogP contribution in [-0.4, -0.2) is 76.4 Å². The largest absolute Gasteiger partial charge is 0.497 e. The summed E-state index contributed by atoms with van der Waals surface area (Å²) >= 11 is 0. The third-order valence-corrected chi connectivity index (χ3v) is 24.7. The van der Waals surface area contributed by atoms with Crippen molar-refractivity contribution in [3.05, 3.63) is 303 Å². The molecule has 9 atom stereocenters. The molecule has 572 valence electrons. The Morgan fingerprint density at radius 1 is 0.366 bits per heavy atom. The molecule has 0 aromatic heterocycles. The number of hydrogen-bond donors (Lipinski definition) is 0. The highest BCUT2D eigenvalue weighted by Gasteiger charge is 2.42. The summed E-state index contributed by atoms with van der Waals surface area (Å²) in [7, 11) is 3.40. The Hall–Kier alpha value is -11.4. The Morgan fingerprint density at radius 3 is 1.29 bits per heavy atom. The molecule has 0 saturated heterocycles. The molecule has 9 unspecified atom stereocenters. The number of benzene rings is 11. The van der Waals surface area contributed by atoms with Crippen molar-refractivity contribution in [3.8, 4) is 11.5 Å². The number of ether oxygens (including phenoxy) is 2. The van der Waals surface area contributed by atoms with Crippen molar-refractivity contribution >= 4 is 93.4 Å². The Kier molecular flexibility index (Phi) is 24.4. The number of rotatable bonds is 14. The second-order valence-electron chi connectivity index (χ2n) is 31.5. The molecule has 18 rings (SSSR count). The van der Waals surface area contributed by atoms with Gasteiger partial charge in [0.1, 0.15) is 42.9 Å². The zero-order chi connectivity index (χ0) is 77.9. The lowest BCUT2D eigenvalue weighted by atomic mass is 9.84. The van der Waals surface area contributed by atoms with Crippen LogP contribution in [0.15, 0.2) is 237 Å². The van der Waals surface area contributed by atoms with E-state index in [2.05, 4.69) is 224 Å². The molecule has 0 radical (unpaired) electrons. The summed E-state index contributed by atoms with van der Waals surface area (Å²) in [5, 5.41) is 2.51. The molecular formula is C100H105N5O7. The molecule has 12 heteroatoms. The van der Waals surface area contributed by atoms with Crippen molar-refractivity contribution in [1.82, 2.24) is 0 Å². The third-order valence-electron chi connectivity index (χ3n) is 24.7. The zero-order valence-corrected chi connectivity index (χ0v) is 66.1. The van der Waals surface area contributed by atoms with E-state index in [4.69, 9.17) is 9.47 Å². The van der Waals surface area contributed by atoms with E-state index in [1.165, 1.54) is 172 Å². The minimum absolute atomic E-state index is 0.369. The number of fused-ring (bicyclic) bond motifs is 10. The number of nitrogens with zero attached hydrogens (tertiary/aromatic N) is 5. The van der Waals surface area contributed by atoms with Crippen LogP contribution in [0.25, 0.3) is 10.8 Å². The summed E-state index contributed by atoms with van der Waals surface area (Å²) < 4.78 is 10.6. The van der Waals surface area contributed by atoms with Gasteiger partial charge in [0.25, 0.3) is 0 Å². The Labute approximate surface area is 662 Å². The van der Waals surface area contributed by atoms with Crippen LogP contribution in [0.5, 0.6) is 11.5 Å². The zero-order valence-electron chi connectivity index (χ0n) is 66.1. The highest BCUT2D eigenvalue weighted by Crippen LogP contribution is 2.54. The quantitative estimate of drug-likeness (QED) is 0.0964. The Bertz CT molecular complexity index is 5140. The summed E-state index contributed by atoms with van der Waals surface area (Å²) in [6.07, 6.45) is 19.7. The van der Waals surface area contributed by atoms with Gasteiger partial charge in [0, 0.05) is 146 Å². The van der Waals surface area contributed by atoms with Crippen molar-refractivity contribution in [1.29, 1.82) is 0 Å². The first-order chi connectivity index (χ1) is 54.7. The summed E-state index contributed by atoms with van der Waals surface area (Å²) in [6, 6.07) is 83.1. The van der Waals surface area contributed by atoms with Gasteiger partial charge in [-0.25, -0.2) is 0 Å². The maximum Gasteiger partial charge on any atom is 0.150 e. The SMILES string of the molecule is CC1CN(Cc2ccccc2)c2ccc(C=O)cc21.CC1c2cc(C=O)ccc2N(c2ccc3ccccc3c2)C1C.CCC1C(C)c2cc(C=O)ccc2N1c1cccc(C)c1.COc1ccc(N2c3ccc(C=O)cc3C3CCCCCC32)cc1.COc1ccc(N2c3ccc(C=O)cc3C3CCCCCCC32)cc1. The lowest BCUT2D eigenvalue weighted by Crippen LogP contribution is -2.30. The number of carbonyl (C=O) groups is 5. The van der Waals surface area contributed by atoms with Gasteiger partial charge in [-0.15, -0.1) is 0 Å². The third kappa shape index (κ3) is 16.2. The molecule has 2 fully saturated rings. The molecule has 0 bridgehead atoms. The van der Waals surface area contributed by atoms with E-state index >= 15 is 0 Å². The molecule has 7 aliphatic rings. The van der Waals surface area contributed by atoms with Gasteiger partial charge in [-0.1, -0.05) is 145 Å². The maximum atomic E-state index is 11.3. The van der Waals surface area contributed by atoms with Gasteiger partial charge in [0.15, 0.2) is 0 Å². The van der Waals surface area contributed by atoms with Crippen molar-refractivity contribution in [2.24, 2.45) is 0 Å². The minimum Gasteiger partial charge on any atom is -0.497 e. The molecule has 0 amide bonds. The maximum absolute atomic E-state index is 11.3. The fraction of sp³-hybridized carbons (Fsp3) is 0.310. The first-order valence-electron chi connectivity index (χ1n) is 40.5. The number of hydrogen-bond acceptors (Lipinski definition) is 12. The van der Waals surface area contributed by atoms with Gasteiger partial charge in [0.2, 0.25) is 0 Å². The number of aryl methyl sites for hydroxylation is 1. The topological polar surface area (TPSA) is 120 Å². The fourth-order valence-corrected chi connectivity index (χ4v) is 18.9. The number of methoxy groups -OCH3 is 2. The second-order valence-corrected chi connectivity index (χ2v) is 31.5. The summed E-state index contributed by atoms with van der Waals surface area (Å²) in [5.41, 5.74) is 24.1. The van der Waals surface area contributed by atoms with E-state index in [-0.39, 0.29) is 0 Å². The molecule has 2 aliphatic carbocycles. The monoisotopic (exact) mass is 1490 g/mol. The average molecular weight is 1490 g/mol. The molecule has 0 spiro atoms. The highest BCUT2D eigenvalue weighted by molar-refractivity contribution is 5.90. The lowest BCUT2D eigenvalue weighted by molar-refractivity contribution is 0.111. The average Bonchev–Trinajstić information content (AvgIpc) is 1.62. The summed E-state index contributed by atoms with van der Waals surface area (Å²) in [5.74, 6) is 4.14. The van der Waals surface area contributed by atoms with Gasteiger partial charge in [0.05, 0.1) is 14.2 Å². The van der Waals surface area contributed by atoms with E-state index in [1.54, 1.807) is 14.2 Å². The first-order valence-corrected chi connectivity index (χ1v) is 40.5. The molecule has 5 aliphatic heterocycles. The smallest absolute Gasteiger partial charge is 0.150 e. The van der Waals surface area contributed by atoms with E-state index in [0.29, 0.717) is 53.8 Å². The van der Waals surface area contributed by atoms with Crippen LogP contribution in [-0.2, 0) is 6.54 Å². The minimum atomic E-state index is 0.369. The van der Waals surface area contributed by atoms with E-state index in [1.807, 2.05) is 78.9 Å². The van der Waals surface area contributed by atoms with E-state index in [9.17, 15) is 24.0 Å². The van der Waals surface area contributed by atoms with Crippen LogP contribution in [0.3, 0.4) is 0 Å². The van der Waals surface area contributed by atoms with Gasteiger partial charge in [-0.2, -0.15) is 0 Å². The van der Waals surface area contributed by atoms with Gasteiger partial charge in [-0.3, -0.25) is 24.0 Å². The van der Waals surface area contributed by atoms with E-state index < -0.39 is 0 Å². The van der Waals surface area contributed by atoms with Crippen molar-refractivity contribution in [2.75, 3.05) is 45.3 Å². The lowest BCUT2D eigenvalue weighted by Gasteiger charge is -2.32. The number of carbonyl (C=O) groups excluding carboxylic acids is 5. The summed E-state index contributed by atoms with van der Waals surface area (Å²) in [4.78, 5) is 67.7. The van der Waals surface area contributed by atoms with Crippen LogP contribution in [0, 0.1) is 6.92 Å². The molecular weight excluding hydrogens is 1380 g/mol. The molecule has 2 saturated carbocycles. The van der Waals surface area contributed by atoms with Gasteiger partial charge < -0.3 is 34.0 Å². The van der Waals surface area contributed by atoms with Crippen LogP contribution in [0.1, 0.15) is 232 Å². The molecule has 11 aromatic rings. The van der Waals surface area contributed by atoms with Crippen LogP contribution in [0.2, 0.25) is 0 Å². The van der Waals surface area contributed by atoms with Crippen LogP contribution < -0.4 is 34.0 Å². The predicted octanol–water partition coefficient (Wildman–Crippen LogP) is 24.3. The predicted molar refractivity (Wildman–Crippen MR) is 459 cm³/mol. The van der Waals surface area contributed by atoms with Gasteiger partial charge >= 0.3 is 0 Å². The standard InChI is InChI=1S/C22H25NO2.C21H23NO2.C21H19NO.C19H21NO.C17H17NO/c1-25-18-11-9-17(10-12-18)23-21-7-5-3-2-4-6-19(21)20-14-16(15-24)8-13-22(20)23;1-24-17-10-8-16(9-11-17)22-20-6-4-2-3-5-18(20)19-13-15(14-23)7-12-21(19)22;1-14-15(2)22(21-10-7-16(13-23)11-20(14)21)19-9-8-17-5-3-4-6-18(17)12-19;1-4-18-14(3)17-11-15(12-21)8-9-19(17)20(18)16-7-5-6-13(2)10-16;1-13-10-18(11-14-5-3-2-4-6-14)17-8-7-15(12-19)9-16(13)17/h8-15,19,21H,2-7H2,1H3;7-14,18,20H,2-6H2,1H3;3-15H,1-2H3;5-12,14,18H,4H2,1-3H3;2-9,12-13H,10-11H2,1H3. The highest BCUT2D eigenvalue weighted by atomic mass is 16.5. The number of anilines is 9. The molecule has 112 heavy (non-hydrogen) atoms. The fourth-order valence-electron chi connectivity index (χ4n) is 18.9. The molecule has 0 N–H and O–H groups in total. The van der Waals surface area contributed by atoms with Crippen molar-refractivity contribution in [3.63, 3.8) is 0 Å². The van der Waals surface area contributed by atoms with Crippen LogP contribution in [0.4, 0.5) is 51.2 Å². The summed E-state index contributed by atoms with van der Waals surface area (Å²) in [6.45, 7) is 15.3. The second kappa shape index (κ2) is 35.3. The van der Waals surface area contributed by atoms with E-state index in [0.717, 1.165) is 90.3 Å². The van der Waals surface area contributed by atoms with Crippen molar-refractivity contribution < 1.29 is 33.4 Å². The van der Waals surface area contributed by atoms with Crippen LogP contribution >= 0.6 is 0 Å². The normalized spacial score (nSPS) is 20.7. The molecule has 5 heterocycles. The van der Waals surface area contributed by atoms with Gasteiger partial charge in [-0.05, 0) is 259 Å². The van der Waals surface area contributed by atoms with Crippen molar-refractivity contribution in [2.45, 2.75) is 179 Å². The molecule has 12 nitrogen and oxygen atoms in total. The first kappa shape index (κ1) is 77.4. The Balaban J connectivity index is 0.000000117.